The number of carbonyl (C=O) groups excluding carboxylic acids is 2. The molecule has 6 nitrogen and oxygen atoms in total. The molecular formula is C20H15Cl2N3O3. The fourth-order valence-electron chi connectivity index (χ4n) is 2.45. The van der Waals surface area contributed by atoms with Crippen LogP contribution in [0.5, 0.6) is 5.75 Å². The van der Waals surface area contributed by atoms with E-state index >= 15 is 0 Å². The Kier molecular flexibility index (Phi) is 6.13. The zero-order chi connectivity index (χ0) is 20.1. The van der Waals surface area contributed by atoms with Gasteiger partial charge in [0.25, 0.3) is 5.91 Å². The van der Waals surface area contributed by atoms with Crippen LogP contribution in [-0.4, -0.2) is 24.0 Å². The standard InChI is InChI=1S/C20H15Cl2N3O3/c1-28-14-8-5-12(6-9-14)13-7-10-17(23-11-13)24-20(27)25-19(26)18-15(21)3-2-4-16(18)22/h2-11H,1H3,(H2,23,24,25,26,27). The molecule has 0 unspecified atom stereocenters. The summed E-state index contributed by atoms with van der Waals surface area (Å²) in [4.78, 5) is 28.5. The number of benzene rings is 2. The van der Waals surface area contributed by atoms with E-state index in [1.54, 1.807) is 31.5 Å². The second kappa shape index (κ2) is 8.73. The van der Waals surface area contributed by atoms with Gasteiger partial charge in [-0.1, -0.05) is 41.4 Å². The van der Waals surface area contributed by atoms with Crippen molar-refractivity contribution in [2.45, 2.75) is 0 Å². The molecule has 2 aromatic carbocycles. The lowest BCUT2D eigenvalue weighted by molar-refractivity contribution is 0.0967. The summed E-state index contributed by atoms with van der Waals surface area (Å²) in [7, 11) is 1.60. The van der Waals surface area contributed by atoms with Gasteiger partial charge < -0.3 is 4.74 Å². The van der Waals surface area contributed by atoms with Gasteiger partial charge >= 0.3 is 6.03 Å². The van der Waals surface area contributed by atoms with E-state index in [9.17, 15) is 9.59 Å². The molecule has 0 radical (unpaired) electrons. The highest BCUT2D eigenvalue weighted by atomic mass is 35.5. The van der Waals surface area contributed by atoms with Crippen LogP contribution in [0.15, 0.2) is 60.8 Å². The van der Waals surface area contributed by atoms with Gasteiger partial charge in [0.2, 0.25) is 0 Å². The van der Waals surface area contributed by atoms with Crippen LogP contribution in [0.1, 0.15) is 10.4 Å². The van der Waals surface area contributed by atoms with Gasteiger partial charge in [0.05, 0.1) is 22.7 Å². The Balaban J connectivity index is 1.65. The second-order valence-electron chi connectivity index (χ2n) is 5.67. The number of urea groups is 1. The lowest BCUT2D eigenvalue weighted by atomic mass is 10.1. The molecule has 0 aliphatic carbocycles. The van der Waals surface area contributed by atoms with Crippen LogP contribution >= 0.6 is 23.2 Å². The van der Waals surface area contributed by atoms with Crippen molar-refractivity contribution in [3.63, 3.8) is 0 Å². The third kappa shape index (κ3) is 4.60. The number of rotatable bonds is 4. The highest BCUT2D eigenvalue weighted by Crippen LogP contribution is 2.24. The normalized spacial score (nSPS) is 10.2. The Hall–Kier alpha value is -3.09. The van der Waals surface area contributed by atoms with Gasteiger partial charge in [0, 0.05) is 11.8 Å². The van der Waals surface area contributed by atoms with Crippen LogP contribution in [0.3, 0.4) is 0 Å². The number of anilines is 1. The number of amides is 3. The van der Waals surface area contributed by atoms with Crippen molar-refractivity contribution in [2.75, 3.05) is 12.4 Å². The van der Waals surface area contributed by atoms with Gasteiger partial charge in [-0.25, -0.2) is 9.78 Å². The molecular weight excluding hydrogens is 401 g/mol. The highest BCUT2D eigenvalue weighted by molar-refractivity contribution is 6.40. The summed E-state index contributed by atoms with van der Waals surface area (Å²) in [6, 6.07) is 14.8. The van der Waals surface area contributed by atoms with Crippen molar-refractivity contribution in [1.82, 2.24) is 10.3 Å². The second-order valence-corrected chi connectivity index (χ2v) is 6.48. The van der Waals surface area contributed by atoms with Crippen LogP contribution in [-0.2, 0) is 0 Å². The van der Waals surface area contributed by atoms with Gasteiger partial charge in [-0.05, 0) is 42.0 Å². The summed E-state index contributed by atoms with van der Waals surface area (Å²) < 4.78 is 5.13. The fraction of sp³-hybridized carbons (Fsp3) is 0.0500. The molecule has 0 spiro atoms. The molecule has 3 amide bonds. The molecule has 3 rings (SSSR count). The van der Waals surface area contributed by atoms with E-state index in [-0.39, 0.29) is 21.4 Å². The molecule has 0 bridgehead atoms. The summed E-state index contributed by atoms with van der Waals surface area (Å²) in [6.45, 7) is 0. The quantitative estimate of drug-likeness (QED) is 0.626. The van der Waals surface area contributed by atoms with E-state index in [0.29, 0.717) is 0 Å². The predicted molar refractivity (Wildman–Crippen MR) is 109 cm³/mol. The number of carbonyl (C=O) groups is 2. The Bertz CT molecular complexity index is 986. The first kappa shape index (κ1) is 19.7. The topological polar surface area (TPSA) is 80.3 Å². The first-order valence-corrected chi connectivity index (χ1v) is 8.90. The predicted octanol–water partition coefficient (Wildman–Crippen LogP) is 5.03. The van der Waals surface area contributed by atoms with Crippen molar-refractivity contribution in [2.24, 2.45) is 0 Å². The summed E-state index contributed by atoms with van der Waals surface area (Å²) in [6.07, 6.45) is 1.62. The Morgan fingerprint density at radius 1 is 0.929 bits per heavy atom. The van der Waals surface area contributed by atoms with Gasteiger partial charge in [-0.15, -0.1) is 0 Å². The summed E-state index contributed by atoms with van der Waals surface area (Å²) >= 11 is 11.9. The maximum absolute atomic E-state index is 12.2. The van der Waals surface area contributed by atoms with Gasteiger partial charge in [-0.2, -0.15) is 0 Å². The number of pyridine rings is 1. The zero-order valence-electron chi connectivity index (χ0n) is 14.7. The van der Waals surface area contributed by atoms with Crippen LogP contribution in [0.4, 0.5) is 10.6 Å². The number of imide groups is 1. The number of aromatic nitrogens is 1. The number of nitrogens with one attached hydrogen (secondary N) is 2. The SMILES string of the molecule is COc1ccc(-c2ccc(NC(=O)NC(=O)c3c(Cl)cccc3Cl)nc2)cc1. The van der Waals surface area contributed by atoms with Crippen LogP contribution in [0.25, 0.3) is 11.1 Å². The largest absolute Gasteiger partial charge is 0.497 e. The van der Waals surface area contributed by atoms with Crippen LogP contribution < -0.4 is 15.4 Å². The van der Waals surface area contributed by atoms with E-state index in [1.807, 2.05) is 24.3 Å². The van der Waals surface area contributed by atoms with Gasteiger partial charge in [-0.3, -0.25) is 15.4 Å². The molecule has 2 N–H and O–H groups in total. The zero-order valence-corrected chi connectivity index (χ0v) is 16.2. The molecule has 0 aliphatic rings. The Labute approximate surface area is 171 Å². The van der Waals surface area contributed by atoms with E-state index in [2.05, 4.69) is 15.6 Å². The number of methoxy groups -OCH3 is 1. The third-order valence-corrected chi connectivity index (χ3v) is 4.48. The lowest BCUT2D eigenvalue weighted by Gasteiger charge is -2.09. The van der Waals surface area contributed by atoms with Crippen molar-refractivity contribution in [3.05, 3.63) is 76.4 Å². The van der Waals surface area contributed by atoms with Crippen molar-refractivity contribution in [1.29, 1.82) is 0 Å². The molecule has 1 heterocycles. The number of halogens is 2. The van der Waals surface area contributed by atoms with Crippen molar-refractivity contribution >= 4 is 41.0 Å². The molecule has 0 atom stereocenters. The van der Waals surface area contributed by atoms with Crippen LogP contribution in [0, 0.1) is 0 Å². The Morgan fingerprint density at radius 3 is 2.14 bits per heavy atom. The van der Waals surface area contributed by atoms with E-state index in [0.717, 1.165) is 16.9 Å². The Morgan fingerprint density at radius 2 is 1.57 bits per heavy atom. The fourth-order valence-corrected chi connectivity index (χ4v) is 3.02. The summed E-state index contributed by atoms with van der Waals surface area (Å²) in [5, 5.41) is 4.97. The average molecular weight is 416 g/mol. The molecule has 8 heteroatoms. The highest BCUT2D eigenvalue weighted by Gasteiger charge is 2.17. The third-order valence-electron chi connectivity index (χ3n) is 3.85. The molecule has 0 saturated heterocycles. The average Bonchev–Trinajstić information content (AvgIpc) is 2.68. The number of hydrogen-bond donors (Lipinski definition) is 2. The molecule has 3 aromatic rings. The minimum absolute atomic E-state index is 0.0313. The number of ether oxygens (including phenoxy) is 1. The lowest BCUT2D eigenvalue weighted by Crippen LogP contribution is -2.34. The summed E-state index contributed by atoms with van der Waals surface area (Å²) in [5.41, 5.74) is 1.85. The molecule has 0 aliphatic heterocycles. The molecule has 28 heavy (non-hydrogen) atoms. The first-order valence-electron chi connectivity index (χ1n) is 8.15. The first-order chi connectivity index (χ1) is 13.5. The molecule has 0 saturated carbocycles. The maximum atomic E-state index is 12.2. The van der Waals surface area contributed by atoms with Gasteiger partial charge in [0.1, 0.15) is 11.6 Å². The molecule has 1 aromatic heterocycles. The minimum atomic E-state index is -0.745. The van der Waals surface area contributed by atoms with Crippen molar-refractivity contribution in [3.8, 4) is 16.9 Å². The smallest absolute Gasteiger partial charge is 0.327 e. The summed E-state index contributed by atoms with van der Waals surface area (Å²) in [5.74, 6) is 0.339. The number of nitrogens with zero attached hydrogens (tertiary/aromatic N) is 1. The van der Waals surface area contributed by atoms with Crippen molar-refractivity contribution < 1.29 is 14.3 Å². The monoisotopic (exact) mass is 415 g/mol. The minimum Gasteiger partial charge on any atom is -0.497 e. The van der Waals surface area contributed by atoms with E-state index < -0.39 is 11.9 Å². The van der Waals surface area contributed by atoms with E-state index in [1.165, 1.54) is 12.1 Å². The number of hydrogen-bond acceptors (Lipinski definition) is 4. The van der Waals surface area contributed by atoms with Crippen LogP contribution in [0.2, 0.25) is 10.0 Å². The maximum Gasteiger partial charge on any atom is 0.327 e. The van der Waals surface area contributed by atoms with E-state index in [4.69, 9.17) is 27.9 Å². The molecule has 0 fully saturated rings. The van der Waals surface area contributed by atoms with Gasteiger partial charge in [0.15, 0.2) is 0 Å². The molecule has 142 valence electrons.